The van der Waals surface area contributed by atoms with Crippen LogP contribution in [0.1, 0.15) is 19.4 Å². The first-order valence-electron chi connectivity index (χ1n) is 7.64. The molecule has 3 N–H and O–H groups in total. The van der Waals surface area contributed by atoms with Crippen LogP contribution in [0.4, 0.5) is 11.4 Å². The van der Waals surface area contributed by atoms with Crippen molar-refractivity contribution in [2.24, 2.45) is 0 Å². The van der Waals surface area contributed by atoms with Crippen molar-refractivity contribution in [2.75, 3.05) is 10.0 Å². The number of thiocarbonyl (C=S) groups is 1. The predicted octanol–water partition coefficient (Wildman–Crippen LogP) is 4.10. The molecule has 0 aliphatic carbocycles. The zero-order valence-corrected chi connectivity index (χ0v) is 17.9. The predicted molar refractivity (Wildman–Crippen MR) is 116 cm³/mol. The molecule has 0 aromatic heterocycles. The Morgan fingerprint density at radius 3 is 2.36 bits per heavy atom. The third-order valence-electron chi connectivity index (χ3n) is 3.19. The Bertz CT molecular complexity index is 866. The van der Waals surface area contributed by atoms with Crippen molar-refractivity contribution >= 4 is 61.3 Å². The second-order valence-corrected chi connectivity index (χ2v) is 9.17. The van der Waals surface area contributed by atoms with Crippen molar-refractivity contribution in [3.05, 3.63) is 51.6 Å². The highest BCUT2D eigenvalue weighted by molar-refractivity contribution is 14.1. The van der Waals surface area contributed by atoms with Gasteiger partial charge in [-0.15, -0.1) is 0 Å². The average Bonchev–Trinajstić information content (AvgIpc) is 2.50. The van der Waals surface area contributed by atoms with Crippen LogP contribution >= 0.6 is 34.8 Å². The molecule has 0 atom stereocenters. The second kappa shape index (κ2) is 8.33. The third-order valence-corrected chi connectivity index (χ3v) is 5.55. The van der Waals surface area contributed by atoms with Crippen LogP contribution in [0.3, 0.4) is 0 Å². The summed E-state index contributed by atoms with van der Waals surface area (Å²) in [5.41, 5.74) is 1.79. The quantitative estimate of drug-likeness (QED) is 0.436. The highest BCUT2D eigenvalue weighted by Gasteiger charge is 2.20. The Hall–Kier alpha value is -1.39. The molecule has 134 valence electrons. The molecular weight excluding hydrogens is 469 g/mol. The summed E-state index contributed by atoms with van der Waals surface area (Å²) in [4.78, 5) is 0.152. The fourth-order valence-corrected chi connectivity index (χ4v) is 4.12. The summed E-state index contributed by atoms with van der Waals surface area (Å²) in [6.45, 7) is 5.76. The number of anilines is 2. The summed E-state index contributed by atoms with van der Waals surface area (Å²) >= 11 is 7.40. The first-order chi connectivity index (χ1) is 11.7. The molecule has 0 heterocycles. The summed E-state index contributed by atoms with van der Waals surface area (Å²) in [6.07, 6.45) is 0. The summed E-state index contributed by atoms with van der Waals surface area (Å²) < 4.78 is 29.3. The van der Waals surface area contributed by atoms with Gasteiger partial charge >= 0.3 is 0 Å². The van der Waals surface area contributed by atoms with Crippen molar-refractivity contribution in [3.63, 3.8) is 0 Å². The minimum Gasteiger partial charge on any atom is -0.360 e. The topological polar surface area (TPSA) is 70.2 Å². The summed E-state index contributed by atoms with van der Waals surface area (Å²) in [7, 11) is -3.76. The van der Waals surface area contributed by atoms with Crippen molar-refractivity contribution in [1.29, 1.82) is 0 Å². The van der Waals surface area contributed by atoms with Crippen LogP contribution < -0.4 is 15.4 Å². The molecule has 0 radical (unpaired) electrons. The van der Waals surface area contributed by atoms with Crippen LogP contribution in [0.25, 0.3) is 0 Å². The van der Waals surface area contributed by atoms with E-state index in [9.17, 15) is 8.42 Å². The molecule has 8 heteroatoms. The van der Waals surface area contributed by atoms with E-state index in [0.717, 1.165) is 9.13 Å². The summed E-state index contributed by atoms with van der Waals surface area (Å²) in [6, 6.07) is 12.5. The Morgan fingerprint density at radius 1 is 1.12 bits per heavy atom. The van der Waals surface area contributed by atoms with Gasteiger partial charge in [0.15, 0.2) is 5.11 Å². The number of halogens is 1. The van der Waals surface area contributed by atoms with Crippen molar-refractivity contribution in [2.45, 2.75) is 31.7 Å². The highest BCUT2D eigenvalue weighted by atomic mass is 127. The van der Waals surface area contributed by atoms with Crippen molar-refractivity contribution in [3.8, 4) is 0 Å². The lowest BCUT2D eigenvalue weighted by Gasteiger charge is -2.17. The van der Waals surface area contributed by atoms with E-state index in [1.54, 1.807) is 24.3 Å². The average molecular weight is 489 g/mol. The van der Waals surface area contributed by atoms with E-state index in [1.165, 1.54) is 0 Å². The van der Waals surface area contributed by atoms with Crippen LogP contribution in [0, 0.1) is 10.5 Å². The molecule has 0 bridgehead atoms. The SMILES string of the molecule is Cc1ccc(NC(=S)NC(C)C)c(S(=O)(=O)Nc2ccc(I)cc2)c1. The second-order valence-electron chi connectivity index (χ2n) is 5.87. The highest BCUT2D eigenvalue weighted by Crippen LogP contribution is 2.25. The lowest BCUT2D eigenvalue weighted by molar-refractivity contribution is 0.601. The van der Waals surface area contributed by atoms with Crippen molar-refractivity contribution < 1.29 is 8.42 Å². The van der Waals surface area contributed by atoms with Crippen LogP contribution in [0.2, 0.25) is 0 Å². The maximum atomic E-state index is 12.8. The summed E-state index contributed by atoms with van der Waals surface area (Å²) in [5.74, 6) is 0. The number of hydrogen-bond donors (Lipinski definition) is 3. The number of nitrogens with one attached hydrogen (secondary N) is 3. The molecule has 0 amide bonds. The van der Waals surface area contributed by atoms with Gasteiger partial charge in [-0.2, -0.15) is 0 Å². The standard InChI is InChI=1S/C17H20IN3O2S2/c1-11(2)19-17(24)20-15-9-4-12(3)10-16(15)25(22,23)21-14-7-5-13(18)6-8-14/h4-11,21H,1-3H3,(H2,19,20,24). The van der Waals surface area contributed by atoms with Gasteiger partial charge in [0.1, 0.15) is 4.90 Å². The Labute approximate surface area is 167 Å². The van der Waals surface area contributed by atoms with Crippen LogP contribution in [0.15, 0.2) is 47.4 Å². The van der Waals surface area contributed by atoms with Gasteiger partial charge in [0.2, 0.25) is 0 Å². The Morgan fingerprint density at radius 2 is 1.76 bits per heavy atom. The first-order valence-corrected chi connectivity index (χ1v) is 10.6. The van der Waals surface area contributed by atoms with E-state index in [-0.39, 0.29) is 10.9 Å². The number of rotatable bonds is 5. The fraction of sp³-hybridized carbons (Fsp3) is 0.235. The molecule has 2 rings (SSSR count). The molecule has 0 saturated carbocycles. The molecule has 0 spiro atoms. The zero-order valence-electron chi connectivity index (χ0n) is 14.1. The molecule has 25 heavy (non-hydrogen) atoms. The van der Waals surface area contributed by atoms with E-state index in [0.29, 0.717) is 16.5 Å². The number of hydrogen-bond acceptors (Lipinski definition) is 3. The van der Waals surface area contributed by atoms with Gasteiger partial charge in [0, 0.05) is 15.3 Å². The summed E-state index contributed by atoms with van der Waals surface area (Å²) in [5, 5.41) is 6.39. The molecule has 5 nitrogen and oxygen atoms in total. The number of aryl methyl sites for hydroxylation is 1. The number of sulfonamides is 1. The normalized spacial score (nSPS) is 11.2. The van der Waals surface area contributed by atoms with E-state index < -0.39 is 10.0 Å². The molecule has 0 saturated heterocycles. The van der Waals surface area contributed by atoms with Gasteiger partial charge in [-0.05, 0) is 97.5 Å². The van der Waals surface area contributed by atoms with Gasteiger partial charge in [-0.3, -0.25) is 4.72 Å². The van der Waals surface area contributed by atoms with Gasteiger partial charge in [0.25, 0.3) is 10.0 Å². The molecule has 0 aliphatic rings. The van der Waals surface area contributed by atoms with Gasteiger partial charge in [0.05, 0.1) is 5.69 Å². The lowest BCUT2D eigenvalue weighted by atomic mass is 10.2. The van der Waals surface area contributed by atoms with Gasteiger partial charge in [-0.1, -0.05) is 6.07 Å². The lowest BCUT2D eigenvalue weighted by Crippen LogP contribution is -2.34. The smallest absolute Gasteiger partial charge is 0.263 e. The van der Waals surface area contributed by atoms with E-state index >= 15 is 0 Å². The van der Waals surface area contributed by atoms with Crippen LogP contribution in [0.5, 0.6) is 0 Å². The minimum absolute atomic E-state index is 0.149. The molecule has 0 aliphatic heterocycles. The van der Waals surface area contributed by atoms with Crippen molar-refractivity contribution in [1.82, 2.24) is 5.32 Å². The van der Waals surface area contributed by atoms with E-state index in [4.69, 9.17) is 12.2 Å². The van der Waals surface area contributed by atoms with E-state index in [2.05, 4.69) is 37.9 Å². The maximum absolute atomic E-state index is 12.8. The van der Waals surface area contributed by atoms with Crippen LogP contribution in [-0.2, 0) is 10.0 Å². The molecule has 0 unspecified atom stereocenters. The van der Waals surface area contributed by atoms with E-state index in [1.807, 2.05) is 39.0 Å². The molecule has 0 fully saturated rings. The fourth-order valence-electron chi connectivity index (χ4n) is 2.10. The van der Waals surface area contributed by atoms with Gasteiger partial charge in [-0.25, -0.2) is 8.42 Å². The Kier molecular flexibility index (Phi) is 6.64. The van der Waals surface area contributed by atoms with Gasteiger partial charge < -0.3 is 10.6 Å². The largest absolute Gasteiger partial charge is 0.360 e. The maximum Gasteiger partial charge on any atom is 0.263 e. The van der Waals surface area contributed by atoms with Crippen LogP contribution in [-0.4, -0.2) is 19.6 Å². The minimum atomic E-state index is -3.76. The molecule has 2 aromatic rings. The molecule has 2 aromatic carbocycles. The first kappa shape index (κ1) is 19.9. The zero-order chi connectivity index (χ0) is 18.6. The Balaban J connectivity index is 2.33. The number of benzene rings is 2. The molecular formula is C17H20IN3O2S2. The third kappa shape index (κ3) is 5.82. The monoisotopic (exact) mass is 489 g/mol.